The smallest absolute Gasteiger partial charge is 0.408 e. The van der Waals surface area contributed by atoms with Crippen LogP contribution < -0.4 is 10.3 Å². The van der Waals surface area contributed by atoms with Crippen LogP contribution in [0.5, 0.6) is 5.75 Å². The predicted molar refractivity (Wildman–Crippen MR) is 131 cm³/mol. The largest absolute Gasteiger partial charge is 0.491 e. The van der Waals surface area contributed by atoms with Crippen molar-refractivity contribution in [2.45, 2.75) is 74.0 Å². The van der Waals surface area contributed by atoms with Crippen molar-refractivity contribution in [1.29, 1.82) is 0 Å². The fourth-order valence-electron chi connectivity index (χ4n) is 3.41. The summed E-state index contributed by atoms with van der Waals surface area (Å²) in [4.78, 5) is 27.1. The molecule has 1 aromatic carbocycles. The zero-order valence-corrected chi connectivity index (χ0v) is 21.7. The zero-order chi connectivity index (χ0) is 24.6. The molecule has 0 bridgehead atoms. The van der Waals surface area contributed by atoms with Gasteiger partial charge in [-0.2, -0.15) is 0 Å². The number of carbonyl (C=O) groups is 1. The van der Waals surface area contributed by atoms with Gasteiger partial charge in [0.2, 0.25) is 0 Å². The molecule has 2 aromatic rings. The molecule has 178 valence electrons. The summed E-state index contributed by atoms with van der Waals surface area (Å²) >= 11 is 12.5. The Hall–Kier alpha value is -1.92. The van der Waals surface area contributed by atoms with Crippen molar-refractivity contribution >= 4 is 40.1 Å². The second-order valence-corrected chi connectivity index (χ2v) is 11.6. The lowest BCUT2D eigenvalue weighted by Crippen LogP contribution is -2.45. The zero-order valence-electron chi connectivity index (χ0n) is 20.2. The Morgan fingerprint density at radius 1 is 1.09 bits per heavy atom. The van der Waals surface area contributed by atoms with Gasteiger partial charge in [-0.05, 0) is 44.2 Å². The molecule has 0 spiro atoms. The van der Waals surface area contributed by atoms with E-state index in [-0.39, 0.29) is 28.5 Å². The lowest BCUT2D eigenvalue weighted by Gasteiger charge is -2.35. The minimum atomic E-state index is -1.07. The molecule has 0 aliphatic rings. The summed E-state index contributed by atoms with van der Waals surface area (Å²) in [6.07, 6.45) is -1.07. The van der Waals surface area contributed by atoms with Crippen molar-refractivity contribution in [3.63, 3.8) is 0 Å². The van der Waals surface area contributed by atoms with Gasteiger partial charge in [0.15, 0.2) is 0 Å². The van der Waals surface area contributed by atoms with Crippen molar-refractivity contribution in [2.75, 3.05) is 6.61 Å². The Morgan fingerprint density at radius 2 is 1.62 bits per heavy atom. The van der Waals surface area contributed by atoms with Gasteiger partial charge in [-0.3, -0.25) is 9.69 Å². The molecule has 1 aromatic heterocycles. The van der Waals surface area contributed by atoms with Gasteiger partial charge in [-0.25, -0.2) is 4.79 Å². The van der Waals surface area contributed by atoms with Crippen molar-refractivity contribution in [3.05, 3.63) is 38.2 Å². The Bertz CT molecular complexity index is 1060. The van der Waals surface area contributed by atoms with Crippen LogP contribution in [0.1, 0.15) is 61.1 Å². The van der Waals surface area contributed by atoms with Crippen LogP contribution in [0.4, 0.5) is 4.79 Å². The Morgan fingerprint density at radius 3 is 2.06 bits per heavy atom. The number of aromatic nitrogens is 1. The third-order valence-electron chi connectivity index (χ3n) is 4.91. The molecule has 0 saturated heterocycles. The molecule has 0 radical (unpaired) electrons. The summed E-state index contributed by atoms with van der Waals surface area (Å²) in [5, 5.41) is 11.4. The molecule has 0 aliphatic carbocycles. The number of benzene rings is 1. The van der Waals surface area contributed by atoms with Crippen LogP contribution in [0.3, 0.4) is 0 Å². The average molecular weight is 485 g/mol. The van der Waals surface area contributed by atoms with Gasteiger partial charge in [0.1, 0.15) is 5.75 Å². The number of fused-ring (bicyclic) bond motifs is 1. The predicted octanol–water partition coefficient (Wildman–Crippen LogP) is 6.67. The first-order valence-corrected chi connectivity index (χ1v) is 11.5. The van der Waals surface area contributed by atoms with Gasteiger partial charge in [-0.1, -0.05) is 57.8 Å². The molecule has 1 heterocycles. The van der Waals surface area contributed by atoms with E-state index >= 15 is 0 Å². The Kier molecular flexibility index (Phi) is 7.83. The van der Waals surface area contributed by atoms with E-state index in [0.29, 0.717) is 40.4 Å². The van der Waals surface area contributed by atoms with Gasteiger partial charge in [0.25, 0.3) is 5.56 Å². The van der Waals surface area contributed by atoms with E-state index in [2.05, 4.69) is 0 Å². The molecule has 0 fully saturated rings. The number of amides is 1. The van der Waals surface area contributed by atoms with E-state index in [4.69, 9.17) is 27.9 Å². The van der Waals surface area contributed by atoms with Gasteiger partial charge in [0, 0.05) is 17.5 Å². The van der Waals surface area contributed by atoms with E-state index < -0.39 is 11.6 Å². The second kappa shape index (κ2) is 9.52. The van der Waals surface area contributed by atoms with Crippen LogP contribution >= 0.6 is 23.2 Å². The fourth-order valence-corrected chi connectivity index (χ4v) is 3.74. The molecule has 8 heteroatoms. The summed E-state index contributed by atoms with van der Waals surface area (Å²) in [7, 11) is 0. The standard InChI is InChI=1S/C24H34Cl2N2O4/c1-14(2)12-32-20-15-9-17(25)18(26)10-16(15)21(29)27(13-23(3,4)5)19(20)11-28(22(30)31)24(6,7)8/h9-10,14H,11-13H2,1-8H3,(H,30,31). The maximum atomic E-state index is 13.6. The summed E-state index contributed by atoms with van der Waals surface area (Å²) < 4.78 is 7.86. The number of nitrogens with zero attached hydrogens (tertiary/aromatic N) is 2. The van der Waals surface area contributed by atoms with Crippen LogP contribution in [0, 0.1) is 11.3 Å². The first-order chi connectivity index (χ1) is 14.5. The van der Waals surface area contributed by atoms with E-state index in [9.17, 15) is 14.7 Å². The minimum absolute atomic E-state index is 0.00618. The third-order valence-corrected chi connectivity index (χ3v) is 5.63. The molecule has 0 unspecified atom stereocenters. The first kappa shape index (κ1) is 26.3. The molecule has 0 aliphatic heterocycles. The first-order valence-electron chi connectivity index (χ1n) is 10.7. The summed E-state index contributed by atoms with van der Waals surface area (Å²) in [5.41, 5.74) is -0.669. The number of rotatable bonds is 6. The van der Waals surface area contributed by atoms with Crippen LogP contribution in [0.25, 0.3) is 10.8 Å². The number of halogens is 2. The average Bonchev–Trinajstić information content (AvgIpc) is 2.61. The number of ether oxygens (including phenoxy) is 1. The lowest BCUT2D eigenvalue weighted by atomic mass is 9.96. The molecule has 2 rings (SSSR count). The van der Waals surface area contributed by atoms with E-state index in [1.165, 1.54) is 4.90 Å². The second-order valence-electron chi connectivity index (χ2n) is 10.8. The number of pyridine rings is 1. The highest BCUT2D eigenvalue weighted by atomic mass is 35.5. The highest BCUT2D eigenvalue weighted by Gasteiger charge is 2.31. The van der Waals surface area contributed by atoms with Crippen LogP contribution in [-0.2, 0) is 13.1 Å². The monoisotopic (exact) mass is 484 g/mol. The van der Waals surface area contributed by atoms with E-state index in [1.807, 2.05) is 55.4 Å². The van der Waals surface area contributed by atoms with Gasteiger partial charge in [0.05, 0.1) is 34.3 Å². The number of hydrogen-bond acceptors (Lipinski definition) is 3. The Labute approximate surface area is 200 Å². The Balaban J connectivity index is 2.96. The maximum absolute atomic E-state index is 13.6. The van der Waals surface area contributed by atoms with Crippen molar-refractivity contribution in [1.82, 2.24) is 9.47 Å². The quantitative estimate of drug-likeness (QED) is 0.496. The third kappa shape index (κ3) is 6.10. The molecule has 0 saturated carbocycles. The van der Waals surface area contributed by atoms with Crippen LogP contribution in [0.2, 0.25) is 10.0 Å². The summed E-state index contributed by atoms with van der Waals surface area (Å²) in [6.45, 7) is 16.4. The highest BCUT2D eigenvalue weighted by molar-refractivity contribution is 6.42. The van der Waals surface area contributed by atoms with E-state index in [0.717, 1.165) is 0 Å². The fraction of sp³-hybridized carbons (Fsp3) is 0.583. The highest BCUT2D eigenvalue weighted by Crippen LogP contribution is 2.36. The molecule has 1 N–H and O–H groups in total. The van der Waals surface area contributed by atoms with Gasteiger partial charge in [-0.15, -0.1) is 0 Å². The van der Waals surface area contributed by atoms with Crippen molar-refractivity contribution < 1.29 is 14.6 Å². The summed E-state index contributed by atoms with van der Waals surface area (Å²) in [5.74, 6) is 0.688. The van der Waals surface area contributed by atoms with Gasteiger partial charge < -0.3 is 14.4 Å². The van der Waals surface area contributed by atoms with Crippen LogP contribution in [0.15, 0.2) is 16.9 Å². The SMILES string of the molecule is CC(C)COc1c(CN(C(=O)O)C(C)(C)C)n(CC(C)(C)C)c(=O)c2cc(Cl)c(Cl)cc12. The molecule has 0 atom stereocenters. The topological polar surface area (TPSA) is 71.8 Å². The molecule has 1 amide bonds. The van der Waals surface area contributed by atoms with Gasteiger partial charge >= 0.3 is 6.09 Å². The molecular formula is C24H34Cl2N2O4. The number of hydrogen-bond donors (Lipinski definition) is 1. The van der Waals surface area contributed by atoms with E-state index in [1.54, 1.807) is 16.7 Å². The van der Waals surface area contributed by atoms with Crippen LogP contribution in [-0.4, -0.2) is 32.8 Å². The lowest BCUT2D eigenvalue weighted by molar-refractivity contribution is 0.0922. The molecular weight excluding hydrogens is 451 g/mol. The van der Waals surface area contributed by atoms with Crippen molar-refractivity contribution in [2.24, 2.45) is 11.3 Å². The summed E-state index contributed by atoms with van der Waals surface area (Å²) in [6, 6.07) is 3.19. The maximum Gasteiger partial charge on any atom is 0.408 e. The van der Waals surface area contributed by atoms with Crippen molar-refractivity contribution in [3.8, 4) is 5.75 Å². The normalized spacial score (nSPS) is 12.5. The number of carboxylic acid groups (broad SMARTS) is 1. The minimum Gasteiger partial charge on any atom is -0.491 e. The molecule has 6 nitrogen and oxygen atoms in total. The molecule has 32 heavy (non-hydrogen) atoms.